The van der Waals surface area contributed by atoms with Crippen molar-refractivity contribution in [2.45, 2.75) is 6.54 Å². The second kappa shape index (κ2) is 8.42. The third kappa shape index (κ3) is 4.35. The number of H-pyrrole nitrogens is 1. The second-order valence-electron chi connectivity index (χ2n) is 7.21. The molecule has 0 fully saturated rings. The quantitative estimate of drug-likeness (QED) is 0.483. The van der Waals surface area contributed by atoms with Gasteiger partial charge in [-0.05, 0) is 42.5 Å². The number of anilines is 1. The van der Waals surface area contributed by atoms with Crippen LogP contribution in [0.5, 0.6) is 11.5 Å². The molecule has 0 saturated heterocycles. The molecular weight excluding hydrogens is 426 g/mol. The number of amides is 1. The highest BCUT2D eigenvalue weighted by Crippen LogP contribution is 2.35. The van der Waals surface area contributed by atoms with Crippen molar-refractivity contribution in [1.29, 1.82) is 0 Å². The molecule has 3 heterocycles. The lowest BCUT2D eigenvalue weighted by Crippen LogP contribution is -2.29. The maximum atomic E-state index is 12.5. The number of carbonyl (C=O) groups is 1. The Morgan fingerprint density at radius 3 is 2.45 bits per heavy atom. The number of carbonyl (C=O) groups excluding carboxylic acids is 1. The van der Waals surface area contributed by atoms with Crippen molar-refractivity contribution in [3.63, 3.8) is 0 Å². The number of aromatic nitrogens is 4. The van der Waals surface area contributed by atoms with Gasteiger partial charge in [0.15, 0.2) is 11.5 Å². The molecule has 0 radical (unpaired) electrons. The largest absolute Gasteiger partial charge is 0.454 e. The van der Waals surface area contributed by atoms with Gasteiger partial charge >= 0.3 is 0 Å². The van der Waals surface area contributed by atoms with E-state index in [-0.39, 0.29) is 18.9 Å². The van der Waals surface area contributed by atoms with Gasteiger partial charge in [0.2, 0.25) is 12.7 Å². The van der Waals surface area contributed by atoms with Crippen LogP contribution in [0.3, 0.4) is 0 Å². The van der Waals surface area contributed by atoms with E-state index in [1.807, 2.05) is 6.07 Å². The molecule has 0 aliphatic carbocycles. The molecule has 2 aromatic heterocycles. The third-order valence-electron chi connectivity index (χ3n) is 4.97. The first kappa shape index (κ1) is 20.2. The van der Waals surface area contributed by atoms with Gasteiger partial charge in [0.1, 0.15) is 6.54 Å². The highest BCUT2D eigenvalue weighted by atomic mass is 16.7. The summed E-state index contributed by atoms with van der Waals surface area (Å²) >= 11 is 0. The highest BCUT2D eigenvalue weighted by molar-refractivity contribution is 5.90. The van der Waals surface area contributed by atoms with Gasteiger partial charge in [-0.2, -0.15) is 10.2 Å². The molecule has 4 aromatic rings. The molecular formula is C23H17N5O5. The minimum absolute atomic E-state index is 0.161. The molecule has 2 aromatic carbocycles. The molecule has 1 amide bonds. The Morgan fingerprint density at radius 2 is 1.67 bits per heavy atom. The molecule has 164 valence electrons. The fraction of sp³-hybridized carbons (Fsp3) is 0.0870. The number of hydrogen-bond acceptors (Lipinski definition) is 7. The zero-order chi connectivity index (χ0) is 22.8. The number of benzene rings is 2. The number of rotatable bonds is 5. The zero-order valence-electron chi connectivity index (χ0n) is 17.1. The summed E-state index contributed by atoms with van der Waals surface area (Å²) in [6, 6.07) is 18.3. The summed E-state index contributed by atoms with van der Waals surface area (Å²) in [6.07, 6.45) is 0. The zero-order valence-corrected chi connectivity index (χ0v) is 17.1. The Bertz CT molecular complexity index is 1440. The Labute approximate surface area is 186 Å². The van der Waals surface area contributed by atoms with Gasteiger partial charge in [-0.15, -0.1) is 0 Å². The molecule has 0 spiro atoms. The van der Waals surface area contributed by atoms with E-state index in [0.29, 0.717) is 28.6 Å². The Morgan fingerprint density at radius 1 is 0.909 bits per heavy atom. The molecule has 10 heteroatoms. The predicted molar refractivity (Wildman–Crippen MR) is 119 cm³/mol. The van der Waals surface area contributed by atoms with E-state index in [0.717, 1.165) is 15.8 Å². The van der Waals surface area contributed by atoms with Crippen molar-refractivity contribution in [3.8, 4) is 34.0 Å². The van der Waals surface area contributed by atoms with Gasteiger partial charge < -0.3 is 14.8 Å². The summed E-state index contributed by atoms with van der Waals surface area (Å²) in [5.74, 6) is 0.849. The van der Waals surface area contributed by atoms with E-state index in [4.69, 9.17) is 9.47 Å². The van der Waals surface area contributed by atoms with E-state index in [2.05, 4.69) is 20.6 Å². The topological polar surface area (TPSA) is 128 Å². The van der Waals surface area contributed by atoms with Crippen LogP contribution in [0.15, 0.2) is 76.3 Å². The first-order chi connectivity index (χ1) is 16.0. The minimum atomic E-state index is -0.401. The molecule has 33 heavy (non-hydrogen) atoms. The summed E-state index contributed by atoms with van der Waals surface area (Å²) in [5, 5.41) is 13.4. The molecule has 10 nitrogen and oxygen atoms in total. The predicted octanol–water partition coefficient (Wildman–Crippen LogP) is 2.03. The lowest BCUT2D eigenvalue weighted by Gasteiger charge is -2.09. The van der Waals surface area contributed by atoms with Gasteiger partial charge in [0, 0.05) is 28.9 Å². The third-order valence-corrected chi connectivity index (χ3v) is 4.97. The van der Waals surface area contributed by atoms with E-state index >= 15 is 0 Å². The first-order valence-corrected chi connectivity index (χ1v) is 9.99. The number of ether oxygens (including phenoxy) is 2. The van der Waals surface area contributed by atoms with Crippen molar-refractivity contribution in [1.82, 2.24) is 20.0 Å². The van der Waals surface area contributed by atoms with Crippen LogP contribution in [0.4, 0.5) is 5.69 Å². The van der Waals surface area contributed by atoms with Crippen LogP contribution >= 0.6 is 0 Å². The molecule has 1 aliphatic heterocycles. The van der Waals surface area contributed by atoms with E-state index in [1.54, 1.807) is 48.5 Å². The summed E-state index contributed by atoms with van der Waals surface area (Å²) < 4.78 is 11.8. The molecule has 2 N–H and O–H groups in total. The van der Waals surface area contributed by atoms with Gasteiger partial charge in [-0.3, -0.25) is 14.4 Å². The van der Waals surface area contributed by atoms with Gasteiger partial charge in [0.25, 0.3) is 11.1 Å². The van der Waals surface area contributed by atoms with Crippen LogP contribution in [-0.2, 0) is 11.3 Å². The van der Waals surface area contributed by atoms with Crippen molar-refractivity contribution < 1.29 is 14.3 Å². The number of aromatic amines is 1. The standard InChI is InChI=1S/C23H17N5O5/c29-21-9-6-17(25-26-21)14-1-4-16(5-2-14)24-22(30)12-28-23(31)10-7-18(27-28)15-3-8-19-20(11-15)33-13-32-19/h1-11H,12-13H2,(H,24,30)(H,26,29). The maximum absolute atomic E-state index is 12.5. The normalized spacial score (nSPS) is 11.9. The molecule has 5 rings (SSSR count). The van der Waals surface area contributed by atoms with Crippen LogP contribution in [0, 0.1) is 0 Å². The van der Waals surface area contributed by atoms with Crippen molar-refractivity contribution in [2.24, 2.45) is 0 Å². The van der Waals surface area contributed by atoms with Crippen molar-refractivity contribution >= 4 is 11.6 Å². The average molecular weight is 443 g/mol. The Hall–Kier alpha value is -4.73. The summed E-state index contributed by atoms with van der Waals surface area (Å²) in [7, 11) is 0. The number of nitrogens with zero attached hydrogens (tertiary/aromatic N) is 3. The minimum Gasteiger partial charge on any atom is -0.454 e. The van der Waals surface area contributed by atoms with Crippen molar-refractivity contribution in [2.75, 3.05) is 12.1 Å². The molecule has 0 atom stereocenters. The van der Waals surface area contributed by atoms with Gasteiger partial charge in [0.05, 0.1) is 11.4 Å². The van der Waals surface area contributed by atoms with Crippen molar-refractivity contribution in [3.05, 3.63) is 87.4 Å². The average Bonchev–Trinajstić information content (AvgIpc) is 3.30. The number of fused-ring (bicyclic) bond motifs is 1. The fourth-order valence-corrected chi connectivity index (χ4v) is 3.34. The lowest BCUT2D eigenvalue weighted by atomic mass is 10.1. The second-order valence-corrected chi connectivity index (χ2v) is 7.21. The molecule has 1 aliphatic rings. The summed E-state index contributed by atoms with van der Waals surface area (Å²) in [6.45, 7) is -0.0886. The Kier molecular flexibility index (Phi) is 5.15. The SMILES string of the molecule is O=C(Cn1nc(-c2ccc3c(c2)OCO3)ccc1=O)Nc1ccc(-c2ccc(=O)[nH]n2)cc1. The van der Waals surface area contributed by atoms with Gasteiger partial charge in [-0.25, -0.2) is 9.78 Å². The number of nitrogens with one attached hydrogen (secondary N) is 2. The maximum Gasteiger partial charge on any atom is 0.267 e. The molecule has 0 unspecified atom stereocenters. The van der Waals surface area contributed by atoms with Crippen LogP contribution in [-0.4, -0.2) is 32.7 Å². The Balaban J connectivity index is 1.29. The van der Waals surface area contributed by atoms with Crippen LogP contribution < -0.4 is 25.9 Å². The highest BCUT2D eigenvalue weighted by Gasteiger charge is 2.15. The van der Waals surface area contributed by atoms with Crippen LogP contribution in [0.1, 0.15) is 0 Å². The summed E-state index contributed by atoms with van der Waals surface area (Å²) in [5.41, 5.74) is 2.51. The summed E-state index contributed by atoms with van der Waals surface area (Å²) in [4.78, 5) is 35.9. The van der Waals surface area contributed by atoms with Crippen LogP contribution in [0.2, 0.25) is 0 Å². The van der Waals surface area contributed by atoms with E-state index in [1.165, 1.54) is 12.1 Å². The molecule has 0 bridgehead atoms. The van der Waals surface area contributed by atoms with E-state index in [9.17, 15) is 14.4 Å². The van der Waals surface area contributed by atoms with Gasteiger partial charge in [-0.1, -0.05) is 12.1 Å². The van der Waals surface area contributed by atoms with Crippen LogP contribution in [0.25, 0.3) is 22.5 Å². The first-order valence-electron chi connectivity index (χ1n) is 9.99. The monoisotopic (exact) mass is 443 g/mol. The number of hydrogen-bond donors (Lipinski definition) is 2. The smallest absolute Gasteiger partial charge is 0.267 e. The molecule has 0 saturated carbocycles. The fourth-order valence-electron chi connectivity index (χ4n) is 3.34. The van der Waals surface area contributed by atoms with E-state index < -0.39 is 11.5 Å². The lowest BCUT2D eigenvalue weighted by molar-refractivity contribution is -0.117.